The zero-order chi connectivity index (χ0) is 41.3. The van der Waals surface area contributed by atoms with Crippen molar-refractivity contribution in [2.75, 3.05) is 46.2 Å². The minimum Gasteiger partial charge on any atom is -0.481 e. The van der Waals surface area contributed by atoms with Crippen molar-refractivity contribution in [2.24, 2.45) is 56.2 Å². The summed E-state index contributed by atoms with van der Waals surface area (Å²) >= 11 is 0. The molecule has 5 aliphatic carbocycles. The topological polar surface area (TPSA) is 137 Å². The number of allylic oxidation sites excluding steroid dienone is 2. The number of carbonyl (C=O) groups is 4. The monoisotopic (exact) mass is 791 g/mol. The van der Waals surface area contributed by atoms with Crippen molar-refractivity contribution < 1.29 is 43.2 Å². The molecule has 0 radical (unpaired) electrons. The number of ether oxygens (including phenoxy) is 4. The summed E-state index contributed by atoms with van der Waals surface area (Å²) in [6, 6.07) is 9.87. The quantitative estimate of drug-likeness (QED) is 0.126. The number of nitrogens with one attached hydrogen (secondary N) is 1. The van der Waals surface area contributed by atoms with Gasteiger partial charge in [-0.1, -0.05) is 77.4 Å². The van der Waals surface area contributed by atoms with Crippen molar-refractivity contribution in [3.8, 4) is 0 Å². The van der Waals surface area contributed by atoms with E-state index in [4.69, 9.17) is 24.1 Å². The summed E-state index contributed by atoms with van der Waals surface area (Å²) in [5.74, 6) is -0.597. The first kappa shape index (κ1) is 43.5. The molecule has 4 saturated carbocycles. The van der Waals surface area contributed by atoms with Gasteiger partial charge < -0.3 is 29.4 Å². The van der Waals surface area contributed by atoms with Gasteiger partial charge in [-0.2, -0.15) is 0 Å². The Balaban J connectivity index is 1.09. The number of hydrogen-bond donors (Lipinski definition) is 2. The van der Waals surface area contributed by atoms with Crippen LogP contribution in [0.15, 0.2) is 42.0 Å². The Kier molecular flexibility index (Phi) is 12.9. The van der Waals surface area contributed by atoms with Gasteiger partial charge in [0, 0.05) is 18.4 Å². The van der Waals surface area contributed by atoms with Gasteiger partial charge in [0.05, 0.1) is 51.5 Å². The Morgan fingerprint density at radius 1 is 0.789 bits per heavy atom. The lowest BCUT2D eigenvalue weighted by Gasteiger charge is -2.70. The zero-order valence-corrected chi connectivity index (χ0v) is 35.7. The van der Waals surface area contributed by atoms with Crippen molar-refractivity contribution in [1.82, 2.24) is 5.32 Å². The Morgan fingerprint density at radius 2 is 1.44 bits per heavy atom. The first-order valence-corrected chi connectivity index (χ1v) is 21.6. The number of carboxylic acids is 1. The van der Waals surface area contributed by atoms with Gasteiger partial charge in [-0.05, 0) is 115 Å². The lowest BCUT2D eigenvalue weighted by atomic mass is 9.33. The summed E-state index contributed by atoms with van der Waals surface area (Å²) in [6.45, 7) is 18.9. The molecule has 1 amide bonds. The number of aliphatic carboxylic acids is 1. The number of hydrogen-bond acceptors (Lipinski definition) is 8. The molecule has 316 valence electrons. The summed E-state index contributed by atoms with van der Waals surface area (Å²) in [6.07, 6.45) is 10.1. The zero-order valence-electron chi connectivity index (χ0n) is 35.7. The van der Waals surface area contributed by atoms with Crippen LogP contribution in [0.2, 0.25) is 0 Å². The normalized spacial score (nSPS) is 36.8. The van der Waals surface area contributed by atoms with Crippen LogP contribution in [0.3, 0.4) is 0 Å². The molecular weight excluding hydrogens is 723 g/mol. The molecule has 0 heterocycles. The lowest BCUT2D eigenvalue weighted by Crippen LogP contribution is -2.66. The summed E-state index contributed by atoms with van der Waals surface area (Å²) in [7, 11) is 0. The maximum atomic E-state index is 14.9. The van der Waals surface area contributed by atoms with E-state index < -0.39 is 11.4 Å². The van der Waals surface area contributed by atoms with Crippen molar-refractivity contribution in [2.45, 2.75) is 119 Å². The predicted molar refractivity (Wildman–Crippen MR) is 217 cm³/mol. The Labute approximate surface area is 340 Å². The van der Waals surface area contributed by atoms with E-state index >= 15 is 0 Å². The van der Waals surface area contributed by atoms with Crippen LogP contribution >= 0.6 is 0 Å². The van der Waals surface area contributed by atoms with Gasteiger partial charge in [0.25, 0.3) is 0 Å². The highest BCUT2D eigenvalue weighted by Crippen LogP contribution is 2.75. The molecule has 1 aromatic rings. The van der Waals surface area contributed by atoms with E-state index in [1.165, 1.54) is 5.57 Å². The Hall–Kier alpha value is -3.08. The fourth-order valence-electron chi connectivity index (χ4n) is 12.8. The third kappa shape index (κ3) is 8.26. The molecule has 5 aliphatic rings. The van der Waals surface area contributed by atoms with Crippen molar-refractivity contribution >= 4 is 23.6 Å². The van der Waals surface area contributed by atoms with E-state index in [-0.39, 0.29) is 88.0 Å². The van der Waals surface area contributed by atoms with Crippen molar-refractivity contribution in [3.63, 3.8) is 0 Å². The summed E-state index contributed by atoms with van der Waals surface area (Å²) < 4.78 is 22.3. The van der Waals surface area contributed by atoms with E-state index in [0.717, 1.165) is 56.9 Å². The smallest absolute Gasteiger partial charge is 0.312 e. The molecule has 9 atom stereocenters. The van der Waals surface area contributed by atoms with Gasteiger partial charge in [0.15, 0.2) is 5.78 Å². The van der Waals surface area contributed by atoms with Crippen LogP contribution < -0.4 is 5.32 Å². The van der Waals surface area contributed by atoms with E-state index in [2.05, 4.69) is 59.9 Å². The van der Waals surface area contributed by atoms with Gasteiger partial charge in [-0.25, -0.2) is 0 Å². The van der Waals surface area contributed by atoms with Crippen LogP contribution in [-0.2, 0) is 44.7 Å². The highest BCUT2D eigenvalue weighted by Gasteiger charge is 2.70. The van der Waals surface area contributed by atoms with Crippen LogP contribution in [0.25, 0.3) is 0 Å². The van der Waals surface area contributed by atoms with E-state index in [0.29, 0.717) is 46.0 Å². The Bertz CT molecular complexity index is 1680. The average Bonchev–Trinajstić information content (AvgIpc) is 3.15. The summed E-state index contributed by atoms with van der Waals surface area (Å²) in [5.41, 5.74) is 0.812. The van der Waals surface area contributed by atoms with Crippen LogP contribution in [0, 0.1) is 56.2 Å². The molecular formula is C47H69NO9. The van der Waals surface area contributed by atoms with E-state index in [9.17, 15) is 19.2 Å². The molecule has 1 unspecified atom stereocenters. The maximum absolute atomic E-state index is 14.9. The standard InChI is InChI=1S/C47H69NO9/c1-42(2)33(40(52)48-22-24-55-26-28-56-27-25-54-23-15-38(50)51)13-16-45(5)37(42)14-17-47(7)39(45)36(49)29-34-35-30-44(4,19-18-43(35,3)20-21-46(34,47)6)41(53)57-31-32-11-9-8-10-12-32/h8-12,29,33,35,37,39H,13-28,30-31H2,1-7H3,(H,48,52)(H,50,51)/t33-,35?,37+,39-,43-,44+,45+,46-,47-/m1/s1. The molecule has 1 aromatic carbocycles. The third-order valence-electron chi connectivity index (χ3n) is 16.4. The fraction of sp³-hybridized carbons (Fsp3) is 0.745. The first-order chi connectivity index (χ1) is 26.9. The molecule has 2 N–H and O–H groups in total. The van der Waals surface area contributed by atoms with Crippen molar-refractivity contribution in [1.29, 1.82) is 0 Å². The minimum atomic E-state index is -0.886. The van der Waals surface area contributed by atoms with E-state index in [1.807, 2.05) is 30.3 Å². The van der Waals surface area contributed by atoms with Crippen LogP contribution in [-0.4, -0.2) is 74.9 Å². The number of carbonyl (C=O) groups excluding carboxylic acids is 3. The minimum absolute atomic E-state index is 0.0244. The van der Waals surface area contributed by atoms with Crippen LogP contribution in [0.4, 0.5) is 0 Å². The largest absolute Gasteiger partial charge is 0.481 e. The second-order valence-electron chi connectivity index (χ2n) is 20.0. The second kappa shape index (κ2) is 16.9. The number of carboxylic acid groups (broad SMARTS) is 1. The molecule has 0 aromatic heterocycles. The average molecular weight is 792 g/mol. The molecule has 0 spiro atoms. The highest BCUT2D eigenvalue weighted by atomic mass is 16.5. The fourth-order valence-corrected chi connectivity index (χ4v) is 12.8. The molecule has 6 rings (SSSR count). The molecule has 57 heavy (non-hydrogen) atoms. The summed E-state index contributed by atoms with van der Waals surface area (Å²) in [4.78, 5) is 53.0. The number of ketones is 1. The number of amides is 1. The van der Waals surface area contributed by atoms with Gasteiger partial charge in [0.2, 0.25) is 5.91 Å². The highest BCUT2D eigenvalue weighted by molar-refractivity contribution is 5.96. The van der Waals surface area contributed by atoms with Crippen LogP contribution in [0.1, 0.15) is 118 Å². The molecule has 0 aliphatic heterocycles. The third-order valence-corrected chi connectivity index (χ3v) is 16.4. The van der Waals surface area contributed by atoms with Crippen LogP contribution in [0.5, 0.6) is 0 Å². The second-order valence-corrected chi connectivity index (χ2v) is 20.0. The summed E-state index contributed by atoms with van der Waals surface area (Å²) in [5, 5.41) is 11.8. The van der Waals surface area contributed by atoms with Gasteiger partial charge in [-0.3, -0.25) is 19.2 Å². The lowest BCUT2D eigenvalue weighted by molar-refractivity contribution is -0.195. The predicted octanol–water partition coefficient (Wildman–Crippen LogP) is 7.97. The SMILES string of the molecule is CC1(C)[C@@H](C(=O)NCCOCCOCCOCCC(=O)O)CC[C@]2(C)[C@H]3C(=O)C=C4C5C[C@@](C)(C(=O)OCc6ccccc6)CC[C@]5(C)CC[C@@]4(C)[C@]3(C)CC[C@@H]12. The van der Waals surface area contributed by atoms with Gasteiger partial charge in [-0.15, -0.1) is 0 Å². The molecule has 0 saturated heterocycles. The molecule has 10 nitrogen and oxygen atoms in total. The maximum Gasteiger partial charge on any atom is 0.312 e. The van der Waals surface area contributed by atoms with E-state index in [1.54, 1.807) is 0 Å². The molecule has 10 heteroatoms. The Morgan fingerprint density at radius 3 is 2.12 bits per heavy atom. The number of rotatable bonds is 16. The number of benzene rings is 1. The number of esters is 1. The molecule has 0 bridgehead atoms. The molecule has 4 fully saturated rings. The van der Waals surface area contributed by atoms with Crippen molar-refractivity contribution in [3.05, 3.63) is 47.5 Å². The first-order valence-electron chi connectivity index (χ1n) is 21.6. The van der Waals surface area contributed by atoms with Gasteiger partial charge in [0.1, 0.15) is 6.61 Å². The van der Waals surface area contributed by atoms with Gasteiger partial charge >= 0.3 is 11.9 Å². The number of fused-ring (bicyclic) bond motifs is 7.